The first-order chi connectivity index (χ1) is 16.1. The topological polar surface area (TPSA) is 118 Å². The van der Waals surface area contributed by atoms with Crippen molar-refractivity contribution in [1.29, 1.82) is 0 Å². The lowest BCUT2D eigenvalue weighted by Gasteiger charge is -2.09. The maximum atomic E-state index is 14.2. The summed E-state index contributed by atoms with van der Waals surface area (Å²) in [5.74, 6) is -1.83. The number of nitrogens with one attached hydrogen (secondary N) is 2. The molecule has 0 unspecified atom stereocenters. The summed E-state index contributed by atoms with van der Waals surface area (Å²) >= 11 is 6.65. The fourth-order valence-corrected chi connectivity index (χ4v) is 6.26. The SMILES string of the molecule is CNc1cc2[nH]c(=O)n(-c3ccc(CC(=O)CS(=O)(=O)c4ccc(Cl)s4)cc3)c(=O)c2cc1F. The Kier molecular flexibility index (Phi) is 6.43. The summed E-state index contributed by atoms with van der Waals surface area (Å²) in [7, 11) is -2.28. The number of aromatic amines is 1. The van der Waals surface area contributed by atoms with Crippen molar-refractivity contribution in [2.75, 3.05) is 18.1 Å². The van der Waals surface area contributed by atoms with E-state index in [-0.39, 0.29) is 32.9 Å². The molecule has 4 rings (SSSR count). The highest BCUT2D eigenvalue weighted by Gasteiger charge is 2.21. The van der Waals surface area contributed by atoms with Gasteiger partial charge in [0.25, 0.3) is 5.56 Å². The van der Waals surface area contributed by atoms with Crippen LogP contribution in [0.1, 0.15) is 5.56 Å². The highest BCUT2D eigenvalue weighted by Crippen LogP contribution is 2.26. The number of anilines is 1. The average Bonchev–Trinajstić information content (AvgIpc) is 3.22. The van der Waals surface area contributed by atoms with E-state index in [4.69, 9.17) is 11.6 Å². The van der Waals surface area contributed by atoms with Crippen LogP contribution in [0.4, 0.5) is 10.1 Å². The van der Waals surface area contributed by atoms with Gasteiger partial charge in [-0.3, -0.25) is 9.59 Å². The van der Waals surface area contributed by atoms with Crippen molar-refractivity contribution in [2.24, 2.45) is 0 Å². The first kappa shape index (κ1) is 23.9. The second-order valence-corrected chi connectivity index (χ2v) is 11.3. The molecule has 2 aromatic heterocycles. The number of thiophene rings is 1. The molecule has 8 nitrogen and oxygen atoms in total. The Morgan fingerprint density at radius 1 is 1.15 bits per heavy atom. The first-order valence-electron chi connectivity index (χ1n) is 9.84. The van der Waals surface area contributed by atoms with E-state index in [1.807, 2.05) is 0 Å². The lowest BCUT2D eigenvalue weighted by Crippen LogP contribution is -2.33. The minimum absolute atomic E-state index is 0.00533. The largest absolute Gasteiger partial charge is 0.386 e. The van der Waals surface area contributed by atoms with E-state index in [2.05, 4.69) is 10.3 Å². The van der Waals surface area contributed by atoms with Gasteiger partial charge < -0.3 is 10.3 Å². The molecular weight excluding hydrogens is 505 g/mol. The Morgan fingerprint density at radius 3 is 2.47 bits per heavy atom. The van der Waals surface area contributed by atoms with Gasteiger partial charge in [-0.1, -0.05) is 23.7 Å². The van der Waals surface area contributed by atoms with Crippen LogP contribution in [0.5, 0.6) is 0 Å². The molecule has 0 amide bonds. The number of sulfone groups is 1. The van der Waals surface area contributed by atoms with Crippen LogP contribution < -0.4 is 16.6 Å². The molecule has 0 bridgehead atoms. The average molecular weight is 522 g/mol. The zero-order valence-electron chi connectivity index (χ0n) is 17.6. The highest BCUT2D eigenvalue weighted by molar-refractivity contribution is 7.94. The van der Waals surface area contributed by atoms with Gasteiger partial charge in [0.2, 0.25) is 0 Å². The summed E-state index contributed by atoms with van der Waals surface area (Å²) in [6.45, 7) is 0. The van der Waals surface area contributed by atoms with Crippen molar-refractivity contribution in [1.82, 2.24) is 9.55 Å². The Hall–Kier alpha value is -3.28. The number of benzene rings is 2. The Bertz CT molecular complexity index is 1640. The highest BCUT2D eigenvalue weighted by atomic mass is 35.5. The number of fused-ring (bicyclic) bond motifs is 1. The fourth-order valence-electron chi connectivity index (χ4n) is 3.45. The molecule has 12 heteroatoms. The summed E-state index contributed by atoms with van der Waals surface area (Å²) < 4.78 is 40.1. The van der Waals surface area contributed by atoms with E-state index in [0.29, 0.717) is 9.90 Å². The van der Waals surface area contributed by atoms with Crippen molar-refractivity contribution < 1.29 is 17.6 Å². The number of ketones is 1. The van der Waals surface area contributed by atoms with Gasteiger partial charge in [-0.2, -0.15) is 0 Å². The molecule has 0 aliphatic heterocycles. The number of hydrogen-bond donors (Lipinski definition) is 2. The third-order valence-corrected chi connectivity index (χ3v) is 8.55. The van der Waals surface area contributed by atoms with Crippen LogP contribution >= 0.6 is 22.9 Å². The summed E-state index contributed by atoms with van der Waals surface area (Å²) in [5, 5.41) is 2.64. The minimum atomic E-state index is -3.79. The standard InChI is InChI=1S/C22H17ClFN3O5S2/c1-25-18-10-17-15(9-16(18)24)21(29)27(22(30)26-17)13-4-2-12(3-5-13)8-14(28)11-34(31,32)20-7-6-19(23)33-20/h2-7,9-10,25H,8,11H2,1H3,(H,26,30). The number of carbonyl (C=O) groups is 1. The maximum absolute atomic E-state index is 14.2. The van der Waals surface area contributed by atoms with Crippen LogP contribution in [0, 0.1) is 5.82 Å². The van der Waals surface area contributed by atoms with Crippen LogP contribution in [0.3, 0.4) is 0 Å². The van der Waals surface area contributed by atoms with Gasteiger partial charge in [0.05, 0.1) is 26.6 Å². The van der Waals surface area contributed by atoms with E-state index in [1.165, 1.54) is 49.5 Å². The number of rotatable bonds is 7. The molecule has 176 valence electrons. The van der Waals surface area contributed by atoms with Crippen LogP contribution in [0.2, 0.25) is 4.34 Å². The number of aromatic nitrogens is 2. The van der Waals surface area contributed by atoms with Crippen molar-refractivity contribution in [3.63, 3.8) is 0 Å². The molecule has 2 N–H and O–H groups in total. The van der Waals surface area contributed by atoms with E-state index in [1.54, 1.807) is 0 Å². The second kappa shape index (κ2) is 9.16. The molecule has 4 aromatic rings. The summed E-state index contributed by atoms with van der Waals surface area (Å²) in [4.78, 5) is 40.3. The molecule has 0 radical (unpaired) electrons. The third-order valence-electron chi connectivity index (χ3n) is 5.06. The van der Waals surface area contributed by atoms with Gasteiger partial charge in [-0.05, 0) is 42.0 Å². The molecule has 0 atom stereocenters. The Morgan fingerprint density at radius 2 is 1.85 bits per heavy atom. The quantitative estimate of drug-likeness (QED) is 0.386. The monoisotopic (exact) mass is 521 g/mol. The number of hydrogen-bond acceptors (Lipinski definition) is 7. The predicted molar refractivity (Wildman–Crippen MR) is 130 cm³/mol. The zero-order chi connectivity index (χ0) is 24.6. The van der Waals surface area contributed by atoms with Gasteiger partial charge >= 0.3 is 5.69 Å². The van der Waals surface area contributed by atoms with Gasteiger partial charge in [-0.25, -0.2) is 22.2 Å². The molecule has 0 aliphatic carbocycles. The van der Waals surface area contributed by atoms with E-state index < -0.39 is 38.4 Å². The molecule has 34 heavy (non-hydrogen) atoms. The molecule has 2 heterocycles. The summed E-state index contributed by atoms with van der Waals surface area (Å²) in [6.07, 6.45) is -0.153. The van der Waals surface area contributed by atoms with Crippen molar-refractivity contribution in [2.45, 2.75) is 10.6 Å². The van der Waals surface area contributed by atoms with E-state index in [9.17, 15) is 27.2 Å². The van der Waals surface area contributed by atoms with Crippen molar-refractivity contribution in [3.8, 4) is 5.69 Å². The van der Waals surface area contributed by atoms with Gasteiger partial charge in [0, 0.05) is 13.5 Å². The van der Waals surface area contributed by atoms with E-state index >= 15 is 0 Å². The smallest absolute Gasteiger partial charge is 0.333 e. The third kappa shape index (κ3) is 4.67. The Labute approximate surface area is 201 Å². The first-order valence-corrected chi connectivity index (χ1v) is 12.7. The molecule has 0 spiro atoms. The van der Waals surface area contributed by atoms with Crippen molar-refractivity contribution >= 4 is 55.1 Å². The summed E-state index contributed by atoms with van der Waals surface area (Å²) in [6, 6.07) is 11.1. The number of H-pyrrole nitrogens is 1. The lowest BCUT2D eigenvalue weighted by atomic mass is 10.1. The number of carbonyl (C=O) groups excluding carboxylic acids is 1. The van der Waals surface area contributed by atoms with Gasteiger partial charge in [0.1, 0.15) is 15.8 Å². The molecule has 2 aromatic carbocycles. The molecular formula is C22H17ClFN3O5S2. The summed E-state index contributed by atoms with van der Waals surface area (Å²) in [5.41, 5.74) is -0.377. The van der Waals surface area contributed by atoms with Crippen LogP contribution in [0.25, 0.3) is 16.6 Å². The minimum Gasteiger partial charge on any atom is -0.386 e. The van der Waals surface area contributed by atoms with E-state index in [0.717, 1.165) is 22.0 Å². The van der Waals surface area contributed by atoms with Crippen LogP contribution in [-0.4, -0.2) is 36.6 Å². The molecule has 0 aliphatic rings. The fraction of sp³-hybridized carbons (Fsp3) is 0.136. The zero-order valence-corrected chi connectivity index (χ0v) is 20.0. The normalized spacial score (nSPS) is 11.6. The number of halogens is 2. The van der Waals surface area contributed by atoms with Gasteiger partial charge in [-0.15, -0.1) is 11.3 Å². The number of Topliss-reactive ketones (excluding diaryl/α,β-unsaturated/α-hetero) is 1. The molecule has 0 saturated carbocycles. The van der Waals surface area contributed by atoms with Crippen molar-refractivity contribution in [3.05, 3.63) is 85.1 Å². The van der Waals surface area contributed by atoms with Crippen LogP contribution in [-0.2, 0) is 21.1 Å². The Balaban J connectivity index is 1.58. The lowest BCUT2D eigenvalue weighted by molar-refractivity contribution is -0.116. The second-order valence-electron chi connectivity index (χ2n) is 7.40. The van der Waals surface area contributed by atoms with Gasteiger partial charge in [0.15, 0.2) is 15.6 Å². The number of nitrogens with zero attached hydrogens (tertiary/aromatic N) is 1. The van der Waals surface area contributed by atoms with Crippen LogP contribution in [0.15, 0.2) is 62.3 Å². The maximum Gasteiger partial charge on any atom is 0.333 e. The molecule has 0 saturated heterocycles. The predicted octanol–water partition coefficient (Wildman–Crippen LogP) is 3.16. The molecule has 0 fully saturated rings.